The van der Waals surface area contributed by atoms with Crippen molar-refractivity contribution in [1.29, 1.82) is 0 Å². The van der Waals surface area contributed by atoms with Crippen LogP contribution in [0.2, 0.25) is 0 Å². The summed E-state index contributed by atoms with van der Waals surface area (Å²) in [5.74, 6) is 1.18. The normalized spacial score (nSPS) is 13.9. The average molecular weight is 390 g/mol. The van der Waals surface area contributed by atoms with Crippen LogP contribution >= 0.6 is 0 Å². The Labute approximate surface area is 170 Å². The molecule has 6 heteroatoms. The van der Waals surface area contributed by atoms with Gasteiger partial charge < -0.3 is 10.1 Å². The lowest BCUT2D eigenvalue weighted by molar-refractivity contribution is 0.242. The molecular formula is C23H26N4O2. The molecule has 29 heavy (non-hydrogen) atoms. The fraction of sp³-hybridized carbons (Fsp3) is 0.304. The molecule has 0 fully saturated rings. The van der Waals surface area contributed by atoms with Crippen molar-refractivity contribution in [1.82, 2.24) is 14.9 Å². The molecule has 0 saturated heterocycles. The molecule has 0 bridgehead atoms. The number of aromatic nitrogens is 2. The van der Waals surface area contributed by atoms with E-state index in [1.165, 1.54) is 5.56 Å². The van der Waals surface area contributed by atoms with Crippen LogP contribution in [-0.4, -0.2) is 27.5 Å². The Morgan fingerprint density at radius 3 is 2.69 bits per heavy atom. The van der Waals surface area contributed by atoms with Crippen molar-refractivity contribution in [2.75, 3.05) is 11.9 Å². The fourth-order valence-corrected chi connectivity index (χ4v) is 3.57. The molecule has 0 amide bonds. The van der Waals surface area contributed by atoms with Crippen LogP contribution in [0.3, 0.4) is 0 Å². The Kier molecular flexibility index (Phi) is 5.62. The van der Waals surface area contributed by atoms with Crippen molar-refractivity contribution >= 4 is 11.6 Å². The number of para-hydroxylation sites is 2. The molecule has 1 aliphatic heterocycles. The van der Waals surface area contributed by atoms with E-state index in [2.05, 4.69) is 32.3 Å². The van der Waals surface area contributed by atoms with E-state index in [-0.39, 0.29) is 11.7 Å². The lowest BCUT2D eigenvalue weighted by atomic mass is 10.1. The SMILES string of the molecule is CC(C)Oc1ccccc1Nc1nc2c(c(=O)[nH]1)CN(Cc1ccccc1)CC2. The van der Waals surface area contributed by atoms with Gasteiger partial charge in [-0.1, -0.05) is 42.5 Å². The van der Waals surface area contributed by atoms with Crippen LogP contribution in [0.5, 0.6) is 5.75 Å². The second-order valence-corrected chi connectivity index (χ2v) is 7.57. The number of hydrogen-bond acceptors (Lipinski definition) is 5. The van der Waals surface area contributed by atoms with Gasteiger partial charge in [0, 0.05) is 26.1 Å². The molecule has 150 valence electrons. The van der Waals surface area contributed by atoms with Crippen molar-refractivity contribution < 1.29 is 4.74 Å². The topological polar surface area (TPSA) is 70.2 Å². The highest BCUT2D eigenvalue weighted by molar-refractivity contribution is 5.62. The van der Waals surface area contributed by atoms with E-state index in [1.807, 2.05) is 56.3 Å². The van der Waals surface area contributed by atoms with Crippen LogP contribution in [-0.2, 0) is 19.5 Å². The van der Waals surface area contributed by atoms with Gasteiger partial charge in [-0.25, -0.2) is 4.98 Å². The van der Waals surface area contributed by atoms with Gasteiger partial charge in [-0.3, -0.25) is 14.7 Å². The van der Waals surface area contributed by atoms with E-state index >= 15 is 0 Å². The largest absolute Gasteiger partial charge is 0.489 e. The van der Waals surface area contributed by atoms with E-state index < -0.39 is 0 Å². The van der Waals surface area contributed by atoms with Crippen molar-refractivity contribution in [2.24, 2.45) is 0 Å². The number of nitrogens with zero attached hydrogens (tertiary/aromatic N) is 2. The number of ether oxygens (including phenoxy) is 1. The third-order valence-corrected chi connectivity index (χ3v) is 4.90. The van der Waals surface area contributed by atoms with E-state index in [0.29, 0.717) is 12.5 Å². The maximum atomic E-state index is 12.7. The Bertz CT molecular complexity index is 1030. The van der Waals surface area contributed by atoms with Gasteiger partial charge in [-0.2, -0.15) is 0 Å². The summed E-state index contributed by atoms with van der Waals surface area (Å²) in [6, 6.07) is 18.0. The highest BCUT2D eigenvalue weighted by atomic mass is 16.5. The highest BCUT2D eigenvalue weighted by Crippen LogP contribution is 2.27. The molecular weight excluding hydrogens is 364 g/mol. The molecule has 1 aliphatic rings. The summed E-state index contributed by atoms with van der Waals surface area (Å²) in [6.07, 6.45) is 0.814. The first-order valence-corrected chi connectivity index (χ1v) is 9.99. The standard InChI is InChI=1S/C23H26N4O2/c1-16(2)29-21-11-7-6-10-20(21)25-23-24-19-12-13-27(15-18(19)22(28)26-23)14-17-8-4-3-5-9-17/h3-11,16H,12-15H2,1-2H3,(H2,24,25,26,28). The highest BCUT2D eigenvalue weighted by Gasteiger charge is 2.21. The second kappa shape index (κ2) is 8.49. The maximum Gasteiger partial charge on any atom is 0.257 e. The summed E-state index contributed by atoms with van der Waals surface area (Å²) in [4.78, 5) is 22.6. The number of H-pyrrole nitrogens is 1. The molecule has 4 rings (SSSR count). The van der Waals surface area contributed by atoms with Crippen LogP contribution in [0.1, 0.15) is 30.7 Å². The van der Waals surface area contributed by atoms with E-state index in [9.17, 15) is 4.79 Å². The van der Waals surface area contributed by atoms with E-state index in [4.69, 9.17) is 4.74 Å². The molecule has 0 spiro atoms. The fourth-order valence-electron chi connectivity index (χ4n) is 3.57. The Morgan fingerprint density at radius 1 is 1.14 bits per heavy atom. The monoisotopic (exact) mass is 390 g/mol. The summed E-state index contributed by atoms with van der Waals surface area (Å²) in [6.45, 7) is 6.29. The molecule has 0 unspecified atom stereocenters. The number of rotatable bonds is 6. The van der Waals surface area contributed by atoms with Crippen molar-refractivity contribution in [2.45, 2.75) is 39.5 Å². The van der Waals surface area contributed by atoms with Gasteiger partial charge in [0.05, 0.1) is 23.0 Å². The molecule has 0 atom stereocenters. The second-order valence-electron chi connectivity index (χ2n) is 7.57. The summed E-state index contributed by atoms with van der Waals surface area (Å²) in [5, 5.41) is 3.21. The minimum absolute atomic E-state index is 0.0593. The van der Waals surface area contributed by atoms with Gasteiger partial charge >= 0.3 is 0 Å². The summed E-state index contributed by atoms with van der Waals surface area (Å²) < 4.78 is 5.84. The number of hydrogen-bond donors (Lipinski definition) is 2. The van der Waals surface area contributed by atoms with Crippen LogP contribution in [0.15, 0.2) is 59.4 Å². The van der Waals surface area contributed by atoms with Crippen LogP contribution in [0.4, 0.5) is 11.6 Å². The number of benzene rings is 2. The number of anilines is 2. The predicted molar refractivity (Wildman–Crippen MR) is 115 cm³/mol. The molecule has 6 nitrogen and oxygen atoms in total. The minimum Gasteiger partial charge on any atom is -0.489 e. The predicted octanol–water partition coefficient (Wildman–Crippen LogP) is 3.86. The molecule has 3 aromatic rings. The van der Waals surface area contributed by atoms with Gasteiger partial charge in [-0.05, 0) is 31.5 Å². The average Bonchev–Trinajstić information content (AvgIpc) is 2.70. The minimum atomic E-state index is -0.0856. The Hall–Kier alpha value is -3.12. The molecule has 0 saturated carbocycles. The molecule has 1 aromatic heterocycles. The zero-order chi connectivity index (χ0) is 20.2. The first-order valence-electron chi connectivity index (χ1n) is 9.99. The molecule has 2 aromatic carbocycles. The van der Waals surface area contributed by atoms with E-state index in [0.717, 1.165) is 42.2 Å². The van der Waals surface area contributed by atoms with Gasteiger partial charge in [0.15, 0.2) is 0 Å². The Morgan fingerprint density at radius 2 is 1.90 bits per heavy atom. The molecule has 2 N–H and O–H groups in total. The van der Waals surface area contributed by atoms with Crippen LogP contribution < -0.4 is 15.6 Å². The summed E-state index contributed by atoms with van der Waals surface area (Å²) in [7, 11) is 0. The van der Waals surface area contributed by atoms with E-state index in [1.54, 1.807) is 0 Å². The van der Waals surface area contributed by atoms with Gasteiger partial charge in [0.1, 0.15) is 5.75 Å². The smallest absolute Gasteiger partial charge is 0.257 e. The molecule has 0 aliphatic carbocycles. The summed E-state index contributed by atoms with van der Waals surface area (Å²) in [5.41, 5.74) is 3.57. The number of aromatic amines is 1. The first kappa shape index (κ1) is 19.2. The zero-order valence-electron chi connectivity index (χ0n) is 16.8. The lowest BCUT2D eigenvalue weighted by Crippen LogP contribution is -2.35. The summed E-state index contributed by atoms with van der Waals surface area (Å²) >= 11 is 0. The number of fused-ring (bicyclic) bond motifs is 1. The Balaban J connectivity index is 1.52. The van der Waals surface area contributed by atoms with Gasteiger partial charge in [0.25, 0.3) is 5.56 Å². The first-order chi connectivity index (χ1) is 14.1. The third-order valence-electron chi connectivity index (χ3n) is 4.90. The van der Waals surface area contributed by atoms with Gasteiger partial charge in [0.2, 0.25) is 5.95 Å². The number of nitrogens with one attached hydrogen (secondary N) is 2. The van der Waals surface area contributed by atoms with Crippen molar-refractivity contribution in [3.63, 3.8) is 0 Å². The van der Waals surface area contributed by atoms with Crippen molar-refractivity contribution in [3.05, 3.63) is 81.8 Å². The van der Waals surface area contributed by atoms with Crippen LogP contribution in [0.25, 0.3) is 0 Å². The zero-order valence-corrected chi connectivity index (χ0v) is 16.8. The van der Waals surface area contributed by atoms with Crippen molar-refractivity contribution in [3.8, 4) is 5.75 Å². The van der Waals surface area contributed by atoms with Gasteiger partial charge in [-0.15, -0.1) is 0 Å². The molecule has 0 radical (unpaired) electrons. The lowest BCUT2D eigenvalue weighted by Gasteiger charge is -2.27. The quantitative estimate of drug-likeness (QED) is 0.669. The third kappa shape index (κ3) is 4.66. The van der Waals surface area contributed by atoms with Crippen LogP contribution in [0, 0.1) is 0 Å². The molecule has 2 heterocycles. The maximum absolute atomic E-state index is 12.7.